The van der Waals surface area contributed by atoms with E-state index < -0.39 is 8.25 Å². The van der Waals surface area contributed by atoms with Gasteiger partial charge in [0.15, 0.2) is 0 Å². The molecule has 1 fully saturated rings. The fourth-order valence-electron chi connectivity index (χ4n) is 0.516. The predicted molar refractivity (Wildman–Crippen MR) is 53.7 cm³/mol. The van der Waals surface area contributed by atoms with Crippen molar-refractivity contribution < 1.29 is 19.1 Å². The van der Waals surface area contributed by atoms with E-state index in [1.54, 1.807) is 0 Å². The van der Waals surface area contributed by atoms with E-state index >= 15 is 0 Å². The van der Waals surface area contributed by atoms with E-state index in [-0.39, 0.29) is 0 Å². The number of hydrogen-bond donors (Lipinski definition) is 5. The summed E-state index contributed by atoms with van der Waals surface area (Å²) in [6.07, 6.45) is 0. The molecule has 74 valence electrons. The second-order valence-electron chi connectivity index (χ2n) is 1.62. The molecule has 0 aromatic carbocycles. The minimum absolute atomic E-state index is 0.889. The van der Waals surface area contributed by atoms with Crippen molar-refractivity contribution in [2.24, 2.45) is 0 Å². The van der Waals surface area contributed by atoms with E-state index in [0.717, 1.165) is 26.3 Å². The van der Waals surface area contributed by atoms with Crippen LogP contribution >= 0.6 is 31.6 Å². The Hall–Kier alpha value is 0.640. The summed E-state index contributed by atoms with van der Waals surface area (Å²) in [7, 11) is -2.87. The summed E-state index contributed by atoms with van der Waals surface area (Å²) in [5.41, 5.74) is 0. The highest BCUT2D eigenvalue weighted by Gasteiger charge is 1.93. The summed E-state index contributed by atoms with van der Waals surface area (Å²) < 4.78 is 13.7. The molecular formula is C4H13NO4PS2+. The smallest absolute Gasteiger partial charge is 0.379 e. The minimum atomic E-state index is -2.87. The first-order valence-corrected chi connectivity index (χ1v) is 5.83. The van der Waals surface area contributed by atoms with Gasteiger partial charge in [-0.05, 0) is 0 Å². The molecule has 0 aliphatic carbocycles. The Bertz CT molecular complexity index is 87.5. The number of ether oxygens (including phenoxy) is 1. The molecule has 0 saturated carbocycles. The van der Waals surface area contributed by atoms with Gasteiger partial charge in [0.2, 0.25) is 0 Å². The Morgan fingerprint density at radius 1 is 1.25 bits per heavy atom. The molecule has 0 spiro atoms. The largest absolute Gasteiger partial charge is 0.692 e. The van der Waals surface area contributed by atoms with E-state index in [9.17, 15) is 0 Å². The van der Waals surface area contributed by atoms with E-state index in [1.165, 1.54) is 0 Å². The molecule has 3 N–H and O–H groups in total. The van der Waals surface area contributed by atoms with Crippen molar-refractivity contribution >= 4 is 31.6 Å². The number of rotatable bonds is 0. The maximum Gasteiger partial charge on any atom is 0.692 e. The third kappa shape index (κ3) is 22.4. The van der Waals surface area contributed by atoms with Crippen molar-refractivity contribution in [2.75, 3.05) is 26.3 Å². The Morgan fingerprint density at radius 2 is 1.58 bits per heavy atom. The molecule has 1 heterocycles. The van der Waals surface area contributed by atoms with Crippen LogP contribution in [0, 0.1) is 0 Å². The summed E-state index contributed by atoms with van der Waals surface area (Å²) in [4.78, 5) is 14.2. The average molecular weight is 234 g/mol. The van der Waals surface area contributed by atoms with E-state index in [0.29, 0.717) is 0 Å². The summed E-state index contributed by atoms with van der Waals surface area (Å²) >= 11 is 6.44. The number of nitrogens with one attached hydrogen (secondary N) is 1. The second kappa shape index (κ2) is 14.2. The van der Waals surface area contributed by atoms with Gasteiger partial charge in [0, 0.05) is 17.7 Å². The summed E-state index contributed by atoms with van der Waals surface area (Å²) in [5, 5.41) is 3.16. The maximum atomic E-state index is 8.70. The van der Waals surface area contributed by atoms with Gasteiger partial charge in [-0.2, -0.15) is 0 Å². The predicted octanol–water partition coefficient (Wildman–Crippen LogP) is -0.00440. The van der Waals surface area contributed by atoms with Gasteiger partial charge >= 0.3 is 8.25 Å². The zero-order chi connectivity index (χ0) is 9.82. The van der Waals surface area contributed by atoms with Gasteiger partial charge in [0.25, 0.3) is 0 Å². The van der Waals surface area contributed by atoms with Crippen molar-refractivity contribution in [3.8, 4) is 0 Å². The molecule has 0 radical (unpaired) electrons. The van der Waals surface area contributed by atoms with Gasteiger partial charge in [0.1, 0.15) is 0 Å². The SMILES string of the molecule is C1COCCN1.O=[P+](O)O.SS. The van der Waals surface area contributed by atoms with Crippen LogP contribution in [0.2, 0.25) is 0 Å². The molecule has 0 unspecified atom stereocenters. The van der Waals surface area contributed by atoms with E-state index in [4.69, 9.17) is 19.1 Å². The van der Waals surface area contributed by atoms with Crippen molar-refractivity contribution in [1.82, 2.24) is 5.32 Å². The lowest BCUT2D eigenvalue weighted by Crippen LogP contribution is -2.30. The quantitative estimate of drug-likeness (QED) is 0.231. The summed E-state index contributed by atoms with van der Waals surface area (Å²) in [5.74, 6) is 0. The monoisotopic (exact) mass is 234 g/mol. The molecule has 8 heteroatoms. The fraction of sp³-hybridized carbons (Fsp3) is 1.00. The van der Waals surface area contributed by atoms with Crippen LogP contribution in [0.5, 0.6) is 0 Å². The van der Waals surface area contributed by atoms with Gasteiger partial charge in [-0.25, -0.2) is 0 Å². The molecule has 1 aliphatic rings. The molecule has 0 aromatic heterocycles. The van der Waals surface area contributed by atoms with Crippen LogP contribution in [0.25, 0.3) is 0 Å². The third-order valence-corrected chi connectivity index (χ3v) is 0.846. The minimum Gasteiger partial charge on any atom is -0.379 e. The highest BCUT2D eigenvalue weighted by Crippen LogP contribution is 1.98. The molecule has 0 amide bonds. The number of hydrogen-bond acceptors (Lipinski definition) is 5. The first-order valence-electron chi connectivity index (χ1n) is 3.07. The molecule has 0 bridgehead atoms. The Morgan fingerprint density at radius 3 is 1.67 bits per heavy atom. The van der Waals surface area contributed by atoms with Crippen LogP contribution in [0.15, 0.2) is 0 Å². The molecule has 1 rings (SSSR count). The normalized spacial score (nSPS) is 14.7. The highest BCUT2D eigenvalue weighted by molar-refractivity contribution is 8.59. The molecule has 5 nitrogen and oxygen atoms in total. The van der Waals surface area contributed by atoms with Crippen molar-refractivity contribution in [2.45, 2.75) is 0 Å². The van der Waals surface area contributed by atoms with Crippen LogP contribution in [0.3, 0.4) is 0 Å². The number of morpholine rings is 1. The standard InChI is InChI=1S/C4H9NO.HO3P.H2S2/c1-3-6-4-2-5-1;1-4(2)3;1-2/h5H,1-4H2;(H-,1,2,3);1-2H/p+1. The average Bonchev–Trinajstić information content (AvgIpc) is 2.10. The maximum absolute atomic E-state index is 8.70. The second-order valence-corrected chi connectivity index (χ2v) is 2.12. The molecule has 1 saturated heterocycles. The van der Waals surface area contributed by atoms with Crippen molar-refractivity contribution in [1.29, 1.82) is 0 Å². The van der Waals surface area contributed by atoms with Crippen molar-refractivity contribution in [3.63, 3.8) is 0 Å². The van der Waals surface area contributed by atoms with Crippen LogP contribution in [0.4, 0.5) is 0 Å². The first-order chi connectivity index (χ1) is 5.73. The summed E-state index contributed by atoms with van der Waals surface area (Å²) in [6, 6.07) is 0. The molecule has 0 aromatic rings. The molecule has 1 aliphatic heterocycles. The lowest BCUT2D eigenvalue weighted by Gasteiger charge is -2.10. The lowest BCUT2D eigenvalue weighted by atomic mass is 10.5. The van der Waals surface area contributed by atoms with Crippen LogP contribution in [-0.4, -0.2) is 36.1 Å². The van der Waals surface area contributed by atoms with Gasteiger partial charge in [-0.3, -0.25) is 0 Å². The van der Waals surface area contributed by atoms with Crippen LogP contribution in [0.1, 0.15) is 0 Å². The zero-order valence-corrected chi connectivity index (χ0v) is 9.06. The number of thiol groups is 2. The summed E-state index contributed by atoms with van der Waals surface area (Å²) in [6.45, 7) is 3.83. The Balaban J connectivity index is 0. The van der Waals surface area contributed by atoms with Crippen molar-refractivity contribution in [3.05, 3.63) is 0 Å². The third-order valence-electron chi connectivity index (χ3n) is 0.846. The molecule has 0 atom stereocenters. The Labute approximate surface area is 82.7 Å². The lowest BCUT2D eigenvalue weighted by molar-refractivity contribution is 0.109. The van der Waals surface area contributed by atoms with Gasteiger partial charge in [0.05, 0.1) is 13.2 Å². The molecule has 12 heavy (non-hydrogen) atoms. The first kappa shape index (κ1) is 15.1. The molecular weight excluding hydrogens is 221 g/mol. The fourth-order valence-corrected chi connectivity index (χ4v) is 0.516. The van der Waals surface area contributed by atoms with Crippen LogP contribution in [-0.2, 0) is 9.30 Å². The van der Waals surface area contributed by atoms with Crippen LogP contribution < -0.4 is 5.32 Å². The van der Waals surface area contributed by atoms with E-state index in [2.05, 4.69) is 28.6 Å². The van der Waals surface area contributed by atoms with Gasteiger partial charge < -0.3 is 10.1 Å². The highest BCUT2D eigenvalue weighted by atomic mass is 33.1. The topological polar surface area (TPSA) is 78.8 Å². The Kier molecular flexibility index (Phi) is 17.9. The van der Waals surface area contributed by atoms with Gasteiger partial charge in [-0.15, -0.1) is 33.1 Å². The van der Waals surface area contributed by atoms with E-state index in [1.807, 2.05) is 0 Å². The van der Waals surface area contributed by atoms with Gasteiger partial charge in [-0.1, -0.05) is 0 Å². The zero-order valence-electron chi connectivity index (χ0n) is 6.38.